The third-order valence-electron chi connectivity index (χ3n) is 2.05. The zero-order chi connectivity index (χ0) is 8.39. The largest absolute Gasteiger partial charge is 0.273 e. The van der Waals surface area contributed by atoms with E-state index in [9.17, 15) is 0 Å². The summed E-state index contributed by atoms with van der Waals surface area (Å²) in [6, 6.07) is 2.00. The van der Waals surface area contributed by atoms with Crippen LogP contribution in [0.25, 0.3) is 0 Å². The Hall–Kier alpha value is -1.09. The van der Waals surface area contributed by atoms with Crippen molar-refractivity contribution < 1.29 is 4.84 Å². The van der Waals surface area contributed by atoms with Crippen molar-refractivity contribution in [2.24, 2.45) is 0 Å². The molecule has 0 saturated heterocycles. The standard InChI is InChI=1S/C9H12N2O/c1-2-11-9-3-5-10-7-8(9)4-6-12-11/h3,5,7H,2,4,6H2,1H3. The van der Waals surface area contributed by atoms with Gasteiger partial charge in [-0.05, 0) is 18.6 Å². The van der Waals surface area contributed by atoms with Gasteiger partial charge in [0, 0.05) is 25.4 Å². The summed E-state index contributed by atoms with van der Waals surface area (Å²) in [6.07, 6.45) is 4.69. The molecule has 3 heteroatoms. The maximum atomic E-state index is 5.46. The lowest BCUT2D eigenvalue weighted by Gasteiger charge is -2.28. The van der Waals surface area contributed by atoms with E-state index in [2.05, 4.69) is 11.9 Å². The van der Waals surface area contributed by atoms with Crippen LogP contribution in [-0.4, -0.2) is 18.1 Å². The number of hydrogen-bond acceptors (Lipinski definition) is 3. The fraction of sp³-hybridized carbons (Fsp3) is 0.444. The minimum atomic E-state index is 0.770. The molecule has 2 heterocycles. The van der Waals surface area contributed by atoms with Gasteiger partial charge >= 0.3 is 0 Å². The van der Waals surface area contributed by atoms with Gasteiger partial charge in [0.2, 0.25) is 0 Å². The van der Waals surface area contributed by atoms with Crippen LogP contribution in [0.4, 0.5) is 5.69 Å². The molecule has 0 aromatic carbocycles. The summed E-state index contributed by atoms with van der Waals surface area (Å²) in [6.45, 7) is 3.74. The Morgan fingerprint density at radius 2 is 2.58 bits per heavy atom. The Labute approximate surface area is 71.9 Å². The highest BCUT2D eigenvalue weighted by Crippen LogP contribution is 2.23. The van der Waals surface area contributed by atoms with Gasteiger partial charge in [-0.3, -0.25) is 14.9 Å². The first-order valence-corrected chi connectivity index (χ1v) is 4.25. The molecule has 3 nitrogen and oxygen atoms in total. The number of nitrogens with zero attached hydrogens (tertiary/aromatic N) is 2. The number of anilines is 1. The van der Waals surface area contributed by atoms with Gasteiger partial charge in [-0.25, -0.2) is 0 Å². The number of hydroxylamine groups is 1. The number of hydrogen-bond donors (Lipinski definition) is 0. The van der Waals surface area contributed by atoms with Crippen molar-refractivity contribution in [3.63, 3.8) is 0 Å². The van der Waals surface area contributed by atoms with E-state index in [1.807, 2.05) is 17.3 Å². The molecule has 0 unspecified atom stereocenters. The second kappa shape index (κ2) is 3.11. The number of fused-ring (bicyclic) bond motifs is 1. The van der Waals surface area contributed by atoms with Gasteiger partial charge in [0.1, 0.15) is 0 Å². The topological polar surface area (TPSA) is 25.4 Å². The van der Waals surface area contributed by atoms with Crippen molar-refractivity contribution >= 4 is 5.69 Å². The van der Waals surface area contributed by atoms with Crippen molar-refractivity contribution in [3.05, 3.63) is 24.0 Å². The molecule has 1 aromatic heterocycles. The Bertz CT molecular complexity index is 275. The van der Waals surface area contributed by atoms with Crippen molar-refractivity contribution in [1.82, 2.24) is 4.98 Å². The lowest BCUT2D eigenvalue weighted by molar-refractivity contribution is 0.103. The number of aromatic nitrogens is 1. The maximum absolute atomic E-state index is 5.46. The summed E-state index contributed by atoms with van der Waals surface area (Å²) in [5, 5.41) is 1.92. The molecule has 0 atom stereocenters. The lowest BCUT2D eigenvalue weighted by Crippen LogP contribution is -2.29. The first kappa shape index (κ1) is 7.55. The SMILES string of the molecule is CCN1OCCc2cnccc21. The van der Waals surface area contributed by atoms with Crippen molar-refractivity contribution in [1.29, 1.82) is 0 Å². The Morgan fingerprint density at radius 3 is 3.42 bits per heavy atom. The molecule has 0 bridgehead atoms. The summed E-state index contributed by atoms with van der Waals surface area (Å²) in [4.78, 5) is 9.54. The lowest BCUT2D eigenvalue weighted by atomic mass is 10.1. The summed E-state index contributed by atoms with van der Waals surface area (Å²) in [7, 11) is 0. The summed E-state index contributed by atoms with van der Waals surface area (Å²) in [5.41, 5.74) is 2.45. The molecular weight excluding hydrogens is 152 g/mol. The van der Waals surface area contributed by atoms with E-state index in [0.29, 0.717) is 0 Å². The molecule has 0 amide bonds. The molecular formula is C9H12N2O. The molecule has 0 N–H and O–H groups in total. The fourth-order valence-electron chi connectivity index (χ4n) is 1.45. The van der Waals surface area contributed by atoms with E-state index in [0.717, 1.165) is 19.6 Å². The zero-order valence-electron chi connectivity index (χ0n) is 7.16. The summed E-state index contributed by atoms with van der Waals surface area (Å²) >= 11 is 0. The maximum Gasteiger partial charge on any atom is 0.0790 e. The van der Waals surface area contributed by atoms with Crippen LogP contribution in [0, 0.1) is 0 Å². The number of rotatable bonds is 1. The van der Waals surface area contributed by atoms with Crippen LogP contribution in [0.3, 0.4) is 0 Å². The molecule has 0 fully saturated rings. The highest BCUT2D eigenvalue weighted by Gasteiger charge is 2.15. The van der Waals surface area contributed by atoms with Gasteiger partial charge in [0.05, 0.1) is 12.3 Å². The van der Waals surface area contributed by atoms with Gasteiger partial charge in [-0.2, -0.15) is 0 Å². The molecule has 1 aromatic rings. The van der Waals surface area contributed by atoms with Crippen molar-refractivity contribution in [2.45, 2.75) is 13.3 Å². The minimum absolute atomic E-state index is 0.770. The van der Waals surface area contributed by atoms with Gasteiger partial charge in [0.25, 0.3) is 0 Å². The number of pyridine rings is 1. The monoisotopic (exact) mass is 164 g/mol. The molecule has 64 valence electrons. The first-order valence-electron chi connectivity index (χ1n) is 4.25. The average Bonchev–Trinajstić information content (AvgIpc) is 2.17. The molecule has 0 spiro atoms. The molecule has 1 aliphatic heterocycles. The normalized spacial score (nSPS) is 15.9. The second-order valence-electron chi connectivity index (χ2n) is 2.78. The van der Waals surface area contributed by atoms with E-state index in [1.165, 1.54) is 11.3 Å². The van der Waals surface area contributed by atoms with Gasteiger partial charge < -0.3 is 0 Å². The Morgan fingerprint density at radius 1 is 1.67 bits per heavy atom. The zero-order valence-corrected chi connectivity index (χ0v) is 7.16. The van der Waals surface area contributed by atoms with E-state index >= 15 is 0 Å². The predicted octanol–water partition coefficient (Wildman–Crippen LogP) is 1.40. The summed E-state index contributed by atoms with van der Waals surface area (Å²) < 4.78 is 0. The Kier molecular flexibility index (Phi) is 1.96. The van der Waals surface area contributed by atoms with Gasteiger partial charge in [-0.1, -0.05) is 0 Å². The molecule has 0 saturated carbocycles. The van der Waals surface area contributed by atoms with E-state index < -0.39 is 0 Å². The third-order valence-corrected chi connectivity index (χ3v) is 2.05. The molecule has 2 rings (SSSR count). The van der Waals surface area contributed by atoms with Crippen molar-refractivity contribution in [3.8, 4) is 0 Å². The van der Waals surface area contributed by atoms with E-state index in [4.69, 9.17) is 4.84 Å². The van der Waals surface area contributed by atoms with Crippen LogP contribution >= 0.6 is 0 Å². The van der Waals surface area contributed by atoms with Crippen LogP contribution in [-0.2, 0) is 11.3 Å². The smallest absolute Gasteiger partial charge is 0.0790 e. The van der Waals surface area contributed by atoms with E-state index in [-0.39, 0.29) is 0 Å². The van der Waals surface area contributed by atoms with Crippen LogP contribution in [0.5, 0.6) is 0 Å². The highest BCUT2D eigenvalue weighted by molar-refractivity contribution is 5.51. The van der Waals surface area contributed by atoms with E-state index in [1.54, 1.807) is 6.20 Å². The minimum Gasteiger partial charge on any atom is -0.273 e. The van der Waals surface area contributed by atoms with Crippen LogP contribution < -0.4 is 5.06 Å². The molecule has 1 aliphatic rings. The molecule has 12 heavy (non-hydrogen) atoms. The molecule has 0 radical (unpaired) electrons. The first-order chi connectivity index (χ1) is 5.92. The average molecular weight is 164 g/mol. The van der Waals surface area contributed by atoms with Crippen LogP contribution in [0.1, 0.15) is 12.5 Å². The van der Waals surface area contributed by atoms with Crippen molar-refractivity contribution in [2.75, 3.05) is 18.2 Å². The quantitative estimate of drug-likeness (QED) is 0.627. The van der Waals surface area contributed by atoms with Gasteiger partial charge in [0.15, 0.2) is 0 Å². The Balaban J connectivity index is 2.37. The predicted molar refractivity (Wildman–Crippen MR) is 46.9 cm³/mol. The van der Waals surface area contributed by atoms with Crippen LogP contribution in [0.2, 0.25) is 0 Å². The highest BCUT2D eigenvalue weighted by atomic mass is 16.7. The van der Waals surface area contributed by atoms with Gasteiger partial charge in [-0.15, -0.1) is 0 Å². The second-order valence-corrected chi connectivity index (χ2v) is 2.78. The molecule has 0 aliphatic carbocycles. The third kappa shape index (κ3) is 1.16. The summed E-state index contributed by atoms with van der Waals surface area (Å²) in [5.74, 6) is 0. The van der Waals surface area contributed by atoms with Crippen LogP contribution in [0.15, 0.2) is 18.5 Å². The fourth-order valence-corrected chi connectivity index (χ4v) is 1.45.